The van der Waals surface area contributed by atoms with Gasteiger partial charge in [-0.2, -0.15) is 5.26 Å². The van der Waals surface area contributed by atoms with Crippen LogP contribution in [0, 0.1) is 24.1 Å². The molecule has 2 aliphatic rings. The molecule has 4 rings (SSSR count). The molecule has 10 nitrogen and oxygen atoms in total. The molecule has 7 N–H and O–H groups in total. The molecule has 1 fully saturated rings. The van der Waals surface area contributed by atoms with E-state index in [1.807, 2.05) is 6.07 Å². The molecule has 2 heterocycles. The number of Topliss-reactive ketones (excluding diaryl/α,β-unsaturated/α-hetero) is 1. The molecule has 1 saturated carbocycles. The Morgan fingerprint density at radius 3 is 2.65 bits per heavy atom. The van der Waals surface area contributed by atoms with Gasteiger partial charge >= 0.3 is 0 Å². The van der Waals surface area contributed by atoms with Crippen LogP contribution in [-0.4, -0.2) is 27.7 Å². The minimum Gasteiger partial charge on any atom is -0.399 e. The van der Waals surface area contributed by atoms with E-state index in [1.54, 1.807) is 11.5 Å². The number of nitrogens with zero attached hydrogens (tertiary/aromatic N) is 2. The molecule has 0 unspecified atom stereocenters. The molecule has 2 aromatic rings. The molecule has 0 spiro atoms. The highest BCUT2D eigenvalue weighted by Crippen LogP contribution is 2.40. The first kappa shape index (κ1) is 23.0. The van der Waals surface area contributed by atoms with E-state index in [9.17, 15) is 18.8 Å². The van der Waals surface area contributed by atoms with Gasteiger partial charge in [0.25, 0.3) is 17.6 Å². The van der Waals surface area contributed by atoms with Crippen molar-refractivity contribution in [2.24, 2.45) is 11.6 Å². The van der Waals surface area contributed by atoms with E-state index in [0.29, 0.717) is 49.2 Å². The number of fused-ring (bicyclic) bond motifs is 1. The predicted molar refractivity (Wildman–Crippen MR) is 121 cm³/mol. The summed E-state index contributed by atoms with van der Waals surface area (Å²) in [4.78, 5) is 39.2. The van der Waals surface area contributed by atoms with Gasteiger partial charge in [-0.25, -0.2) is 4.39 Å². The zero-order valence-electron chi connectivity index (χ0n) is 18.5. The lowest BCUT2D eigenvalue weighted by atomic mass is 10.0. The van der Waals surface area contributed by atoms with Gasteiger partial charge in [0.05, 0.1) is 28.4 Å². The highest BCUT2D eigenvalue weighted by molar-refractivity contribution is 6.44. The second kappa shape index (κ2) is 8.64. The molecule has 1 aliphatic heterocycles. The molecule has 11 heteroatoms. The van der Waals surface area contributed by atoms with Crippen LogP contribution in [0.4, 0.5) is 10.1 Å². The van der Waals surface area contributed by atoms with Crippen molar-refractivity contribution in [2.75, 3.05) is 5.32 Å². The summed E-state index contributed by atoms with van der Waals surface area (Å²) in [5, 5.41) is 14.3. The number of carbonyl (C=O) groups is 3. The third-order valence-electron chi connectivity index (χ3n) is 6.24. The second-order valence-corrected chi connectivity index (χ2v) is 8.48. The van der Waals surface area contributed by atoms with Gasteiger partial charge < -0.3 is 26.4 Å². The van der Waals surface area contributed by atoms with Gasteiger partial charge in [-0.15, -0.1) is 0 Å². The number of nitrogens with one attached hydrogen (secondary N) is 3. The number of aromatic nitrogens is 1. The normalized spacial score (nSPS) is 15.8. The third-order valence-corrected chi connectivity index (χ3v) is 6.24. The Morgan fingerprint density at radius 1 is 1.26 bits per heavy atom. The first-order valence-electron chi connectivity index (χ1n) is 10.7. The van der Waals surface area contributed by atoms with E-state index in [-0.39, 0.29) is 22.5 Å². The van der Waals surface area contributed by atoms with Crippen molar-refractivity contribution >= 4 is 23.3 Å². The summed E-state index contributed by atoms with van der Waals surface area (Å²) < 4.78 is 15.5. The van der Waals surface area contributed by atoms with Crippen molar-refractivity contribution in [1.29, 1.82) is 5.26 Å². The number of anilines is 1. The quantitative estimate of drug-likeness (QED) is 0.177. The molecular formula is C23H24FN7O3. The fourth-order valence-electron chi connectivity index (χ4n) is 4.46. The lowest BCUT2D eigenvalue weighted by Gasteiger charge is -2.17. The van der Waals surface area contributed by atoms with Crippen molar-refractivity contribution in [3.05, 3.63) is 64.0 Å². The summed E-state index contributed by atoms with van der Waals surface area (Å²) >= 11 is 0. The fourth-order valence-corrected chi connectivity index (χ4v) is 4.46. The second-order valence-electron chi connectivity index (χ2n) is 8.48. The molecule has 34 heavy (non-hydrogen) atoms. The Labute approximate surface area is 194 Å². The number of benzene rings is 1. The Kier molecular flexibility index (Phi) is 5.85. The minimum atomic E-state index is -0.815. The van der Waals surface area contributed by atoms with Crippen LogP contribution in [0.2, 0.25) is 0 Å². The molecule has 0 atom stereocenters. The molecule has 1 aromatic heterocycles. The van der Waals surface area contributed by atoms with Crippen molar-refractivity contribution in [3.8, 4) is 6.07 Å². The van der Waals surface area contributed by atoms with Gasteiger partial charge in [-0.1, -0.05) is 0 Å². The number of hydrazine groups is 1. The number of hydrogen-bond acceptors (Lipinski definition) is 7. The molecule has 2 amide bonds. The maximum atomic E-state index is 13.8. The fraction of sp³-hybridized carbons (Fsp3) is 0.304. The monoisotopic (exact) mass is 465 g/mol. The van der Waals surface area contributed by atoms with Crippen molar-refractivity contribution in [1.82, 2.24) is 15.3 Å². The molecule has 176 valence electrons. The Bertz CT molecular complexity index is 1280. The standard InChI is InChI=1S/C23H24FN7O3/c1-12-18(20(32)22(34)30-23(4-5-23)17(26)11-28-27)16-3-2-6-31(16)19(12)21(33)29-15-8-13(10-25)7-14(24)9-15/h7-9,11,28H,2-6,26-27H2,1H3,(H,29,33)(H,30,34)/b17-11-. The Hall–Kier alpha value is -4.17. The average Bonchev–Trinajstić information content (AvgIpc) is 3.33. The van der Waals surface area contributed by atoms with Crippen molar-refractivity contribution in [2.45, 2.75) is 44.7 Å². The molecule has 1 aromatic carbocycles. The zero-order valence-corrected chi connectivity index (χ0v) is 18.5. The SMILES string of the molecule is Cc1c(C(=O)C(=O)NC2(/C(N)=C/NN)CC2)c2n(c1C(=O)Nc1cc(F)cc(C#N)c1)CCC2. The number of carbonyl (C=O) groups excluding carboxylic acids is 3. The van der Waals surface area contributed by atoms with Crippen molar-refractivity contribution < 1.29 is 18.8 Å². The minimum absolute atomic E-state index is 0.0621. The number of hydrogen-bond donors (Lipinski definition) is 5. The van der Waals surface area contributed by atoms with Crippen LogP contribution in [0.1, 0.15) is 56.9 Å². The summed E-state index contributed by atoms with van der Waals surface area (Å²) in [7, 11) is 0. The van der Waals surface area contributed by atoms with E-state index in [4.69, 9.17) is 16.8 Å². The third kappa shape index (κ3) is 3.99. The number of nitrogens with two attached hydrogens (primary N) is 2. The maximum absolute atomic E-state index is 13.8. The number of halogens is 1. The van der Waals surface area contributed by atoms with E-state index >= 15 is 0 Å². The van der Waals surface area contributed by atoms with Crippen LogP contribution in [0.3, 0.4) is 0 Å². The van der Waals surface area contributed by atoms with Crippen LogP contribution in [0.15, 0.2) is 30.1 Å². The first-order chi connectivity index (χ1) is 16.2. The summed E-state index contributed by atoms with van der Waals surface area (Å²) in [5.41, 5.74) is 9.36. The number of rotatable bonds is 7. The first-order valence-corrected chi connectivity index (χ1v) is 10.7. The average molecular weight is 465 g/mol. The highest BCUT2D eigenvalue weighted by atomic mass is 19.1. The van der Waals surface area contributed by atoms with E-state index in [0.717, 1.165) is 12.1 Å². The number of nitriles is 1. The van der Waals surface area contributed by atoms with E-state index in [2.05, 4.69) is 16.1 Å². The van der Waals surface area contributed by atoms with Crippen LogP contribution in [0.5, 0.6) is 0 Å². The van der Waals surface area contributed by atoms with Crippen LogP contribution < -0.4 is 27.6 Å². The zero-order chi connectivity index (χ0) is 24.6. The molecule has 0 radical (unpaired) electrons. The van der Waals surface area contributed by atoms with Gasteiger partial charge in [-0.05, 0) is 56.4 Å². The Morgan fingerprint density at radius 2 is 2.00 bits per heavy atom. The van der Waals surface area contributed by atoms with Gasteiger partial charge in [-0.3, -0.25) is 20.2 Å². The predicted octanol–water partition coefficient (Wildman–Crippen LogP) is 1.10. The van der Waals surface area contributed by atoms with Gasteiger partial charge in [0.1, 0.15) is 11.5 Å². The van der Waals surface area contributed by atoms with Crippen LogP contribution in [-0.2, 0) is 17.8 Å². The van der Waals surface area contributed by atoms with Gasteiger partial charge in [0, 0.05) is 24.1 Å². The smallest absolute Gasteiger partial charge is 0.293 e. The summed E-state index contributed by atoms with van der Waals surface area (Å²) in [6.45, 7) is 2.11. The van der Waals surface area contributed by atoms with Gasteiger partial charge in [0.2, 0.25) is 0 Å². The largest absolute Gasteiger partial charge is 0.399 e. The summed E-state index contributed by atoms with van der Waals surface area (Å²) in [6.07, 6.45) is 3.76. The summed E-state index contributed by atoms with van der Waals surface area (Å²) in [6, 6.07) is 5.35. The van der Waals surface area contributed by atoms with E-state index < -0.39 is 29.0 Å². The van der Waals surface area contributed by atoms with Crippen LogP contribution >= 0.6 is 0 Å². The van der Waals surface area contributed by atoms with Gasteiger partial charge in [0.15, 0.2) is 0 Å². The molecule has 1 aliphatic carbocycles. The van der Waals surface area contributed by atoms with Crippen LogP contribution in [0.25, 0.3) is 0 Å². The topological polar surface area (TPSA) is 168 Å². The highest BCUT2D eigenvalue weighted by Gasteiger charge is 2.48. The molecule has 0 saturated heterocycles. The lowest BCUT2D eigenvalue weighted by molar-refractivity contribution is -0.117. The van der Waals surface area contributed by atoms with Crippen molar-refractivity contribution in [3.63, 3.8) is 0 Å². The molecular weight excluding hydrogens is 441 g/mol. The number of ketones is 1. The summed E-state index contributed by atoms with van der Waals surface area (Å²) in [5.74, 6) is 2.48. The number of amides is 2. The Balaban J connectivity index is 1.63. The van der Waals surface area contributed by atoms with E-state index in [1.165, 1.54) is 12.3 Å². The maximum Gasteiger partial charge on any atom is 0.293 e. The lowest BCUT2D eigenvalue weighted by Crippen LogP contribution is -2.45. The molecule has 0 bridgehead atoms.